The first-order chi connectivity index (χ1) is 9.76. The van der Waals surface area contributed by atoms with Crippen LogP contribution in [0.5, 0.6) is 0 Å². The molecule has 1 aromatic heterocycles. The molecule has 0 saturated heterocycles. The Hall–Kier alpha value is -2.68. The van der Waals surface area contributed by atoms with E-state index in [9.17, 15) is 4.79 Å². The number of oxazole rings is 1. The summed E-state index contributed by atoms with van der Waals surface area (Å²) in [6.07, 6.45) is 2.68. The van der Waals surface area contributed by atoms with Crippen LogP contribution in [0.1, 0.15) is 12.5 Å². The molecular formula is C17H13NO2. The van der Waals surface area contributed by atoms with Crippen molar-refractivity contribution in [1.29, 1.82) is 0 Å². The van der Waals surface area contributed by atoms with E-state index >= 15 is 0 Å². The van der Waals surface area contributed by atoms with Gasteiger partial charge in [-0.25, -0.2) is 4.98 Å². The van der Waals surface area contributed by atoms with Crippen LogP contribution in [0.3, 0.4) is 0 Å². The van der Waals surface area contributed by atoms with Gasteiger partial charge in [0, 0.05) is 5.56 Å². The van der Waals surface area contributed by atoms with E-state index in [1.165, 1.54) is 0 Å². The summed E-state index contributed by atoms with van der Waals surface area (Å²) < 4.78 is 5.71. The van der Waals surface area contributed by atoms with E-state index < -0.39 is 0 Å². The maximum atomic E-state index is 10.6. The summed E-state index contributed by atoms with van der Waals surface area (Å²) in [6, 6.07) is 15.4. The number of carbonyl (C=O) groups is 1. The van der Waals surface area contributed by atoms with Crippen molar-refractivity contribution in [3.05, 3.63) is 59.7 Å². The number of benzene rings is 2. The molecule has 0 amide bonds. The van der Waals surface area contributed by atoms with Gasteiger partial charge in [0.1, 0.15) is 11.8 Å². The Morgan fingerprint density at radius 1 is 1.10 bits per heavy atom. The van der Waals surface area contributed by atoms with Crippen LogP contribution >= 0.6 is 0 Å². The predicted octanol–water partition coefficient (Wildman–Crippen LogP) is 4.10. The lowest BCUT2D eigenvalue weighted by Gasteiger charge is -1.97. The quantitative estimate of drug-likeness (QED) is 0.528. The van der Waals surface area contributed by atoms with Gasteiger partial charge in [0.2, 0.25) is 5.89 Å². The molecule has 3 heteroatoms. The zero-order valence-electron chi connectivity index (χ0n) is 11.0. The van der Waals surface area contributed by atoms with E-state index in [0.29, 0.717) is 11.5 Å². The number of rotatable bonds is 3. The van der Waals surface area contributed by atoms with Gasteiger partial charge in [-0.3, -0.25) is 4.79 Å². The number of aromatic nitrogens is 1. The lowest BCUT2D eigenvalue weighted by Crippen LogP contribution is -1.80. The smallest absolute Gasteiger partial charge is 0.227 e. The Balaban J connectivity index is 1.96. The minimum Gasteiger partial charge on any atom is -0.436 e. The minimum absolute atomic E-state index is 0.605. The van der Waals surface area contributed by atoms with Crippen molar-refractivity contribution >= 4 is 23.5 Å². The molecule has 0 N–H and O–H groups in total. The van der Waals surface area contributed by atoms with E-state index in [1.54, 1.807) is 6.92 Å². The van der Waals surface area contributed by atoms with Gasteiger partial charge in [0.05, 0.1) is 0 Å². The van der Waals surface area contributed by atoms with Crippen molar-refractivity contribution in [1.82, 2.24) is 4.98 Å². The van der Waals surface area contributed by atoms with Gasteiger partial charge in [-0.05, 0) is 48.4 Å². The molecule has 0 saturated carbocycles. The summed E-state index contributed by atoms with van der Waals surface area (Å²) >= 11 is 0. The average Bonchev–Trinajstić information content (AvgIpc) is 2.91. The van der Waals surface area contributed by atoms with Crippen molar-refractivity contribution in [3.63, 3.8) is 0 Å². The second-order valence-electron chi connectivity index (χ2n) is 4.61. The number of carbonyl (C=O) groups excluding carboxylic acids is 1. The fraction of sp³-hybridized carbons (Fsp3) is 0.0588. The number of nitrogens with zero attached hydrogens (tertiary/aromatic N) is 1. The predicted molar refractivity (Wildman–Crippen MR) is 79.2 cm³/mol. The number of allylic oxidation sites excluding steroid dienone is 1. The number of hydrogen-bond donors (Lipinski definition) is 0. The van der Waals surface area contributed by atoms with E-state index in [0.717, 1.165) is 28.5 Å². The van der Waals surface area contributed by atoms with E-state index in [4.69, 9.17) is 4.42 Å². The lowest BCUT2D eigenvalue weighted by molar-refractivity contribution is -0.104. The Labute approximate surface area is 116 Å². The molecule has 0 atom stereocenters. The molecule has 0 fully saturated rings. The number of fused-ring (bicyclic) bond motifs is 1. The number of para-hydroxylation sites is 2. The van der Waals surface area contributed by atoms with Crippen LogP contribution in [0, 0.1) is 0 Å². The van der Waals surface area contributed by atoms with Gasteiger partial charge in [-0.1, -0.05) is 24.3 Å². The van der Waals surface area contributed by atoms with Crippen molar-refractivity contribution in [2.45, 2.75) is 6.92 Å². The molecule has 2 aromatic carbocycles. The van der Waals surface area contributed by atoms with Gasteiger partial charge in [0.15, 0.2) is 5.58 Å². The molecule has 3 rings (SSSR count). The van der Waals surface area contributed by atoms with Crippen LogP contribution in [0.15, 0.2) is 58.5 Å². The molecular weight excluding hydrogens is 250 g/mol. The van der Waals surface area contributed by atoms with Gasteiger partial charge in [0.25, 0.3) is 0 Å². The molecule has 3 nitrogen and oxygen atoms in total. The standard InChI is InChI=1S/C17H13NO2/c1-12(11-19)10-13-6-8-14(9-7-13)17-18-15-4-2-3-5-16(15)20-17/h2-11H,1H3/b12-10+. The average molecular weight is 263 g/mol. The van der Waals surface area contributed by atoms with Crippen molar-refractivity contribution < 1.29 is 9.21 Å². The Morgan fingerprint density at radius 3 is 2.55 bits per heavy atom. The second-order valence-corrected chi connectivity index (χ2v) is 4.61. The first-order valence-electron chi connectivity index (χ1n) is 6.36. The van der Waals surface area contributed by atoms with Gasteiger partial charge < -0.3 is 4.42 Å². The zero-order valence-corrected chi connectivity index (χ0v) is 11.0. The summed E-state index contributed by atoms with van der Waals surface area (Å²) in [6.45, 7) is 1.78. The van der Waals surface area contributed by atoms with E-state index in [-0.39, 0.29) is 0 Å². The first-order valence-corrected chi connectivity index (χ1v) is 6.36. The van der Waals surface area contributed by atoms with Crippen LogP contribution in [-0.2, 0) is 4.79 Å². The summed E-state index contributed by atoms with van der Waals surface area (Å²) in [7, 11) is 0. The van der Waals surface area contributed by atoms with Crippen LogP contribution in [0.25, 0.3) is 28.6 Å². The second kappa shape index (κ2) is 5.13. The Bertz CT molecular complexity index is 749. The van der Waals surface area contributed by atoms with Crippen LogP contribution < -0.4 is 0 Å². The molecule has 0 aliphatic heterocycles. The zero-order chi connectivity index (χ0) is 13.9. The molecule has 0 radical (unpaired) electrons. The summed E-state index contributed by atoms with van der Waals surface area (Å²) in [5, 5.41) is 0. The normalized spacial score (nSPS) is 11.8. The Kier molecular flexibility index (Phi) is 3.17. The fourth-order valence-electron chi connectivity index (χ4n) is 2.01. The highest BCUT2D eigenvalue weighted by Gasteiger charge is 2.06. The van der Waals surface area contributed by atoms with Crippen molar-refractivity contribution in [2.24, 2.45) is 0 Å². The third-order valence-corrected chi connectivity index (χ3v) is 3.03. The van der Waals surface area contributed by atoms with Crippen LogP contribution in [0.2, 0.25) is 0 Å². The number of aldehydes is 1. The largest absolute Gasteiger partial charge is 0.436 e. The highest BCUT2D eigenvalue weighted by Crippen LogP contribution is 2.24. The minimum atomic E-state index is 0.605. The van der Waals surface area contributed by atoms with E-state index in [2.05, 4.69) is 4.98 Å². The highest BCUT2D eigenvalue weighted by molar-refractivity contribution is 5.81. The van der Waals surface area contributed by atoms with Gasteiger partial charge >= 0.3 is 0 Å². The Morgan fingerprint density at radius 2 is 1.85 bits per heavy atom. The molecule has 3 aromatic rings. The van der Waals surface area contributed by atoms with Crippen molar-refractivity contribution in [2.75, 3.05) is 0 Å². The molecule has 0 spiro atoms. The molecule has 0 aliphatic carbocycles. The molecule has 0 unspecified atom stereocenters. The summed E-state index contributed by atoms with van der Waals surface area (Å²) in [5.74, 6) is 0.605. The van der Waals surface area contributed by atoms with Crippen LogP contribution in [-0.4, -0.2) is 11.3 Å². The van der Waals surface area contributed by atoms with Crippen LogP contribution in [0.4, 0.5) is 0 Å². The maximum absolute atomic E-state index is 10.6. The van der Waals surface area contributed by atoms with Gasteiger partial charge in [-0.2, -0.15) is 0 Å². The highest BCUT2D eigenvalue weighted by atomic mass is 16.3. The molecule has 0 bridgehead atoms. The number of hydrogen-bond acceptors (Lipinski definition) is 3. The molecule has 0 aliphatic rings. The lowest BCUT2D eigenvalue weighted by atomic mass is 10.1. The monoisotopic (exact) mass is 263 g/mol. The summed E-state index contributed by atoms with van der Waals surface area (Å²) in [5.41, 5.74) is 4.22. The maximum Gasteiger partial charge on any atom is 0.227 e. The third kappa shape index (κ3) is 2.38. The molecule has 20 heavy (non-hydrogen) atoms. The first kappa shape index (κ1) is 12.4. The van der Waals surface area contributed by atoms with Crippen molar-refractivity contribution in [3.8, 4) is 11.5 Å². The molecule has 1 heterocycles. The van der Waals surface area contributed by atoms with Gasteiger partial charge in [-0.15, -0.1) is 0 Å². The summed E-state index contributed by atoms with van der Waals surface area (Å²) in [4.78, 5) is 15.1. The topological polar surface area (TPSA) is 43.1 Å². The molecule has 98 valence electrons. The third-order valence-electron chi connectivity index (χ3n) is 3.03. The SMILES string of the molecule is C/C(C=O)=C\c1ccc(-c2nc3ccccc3o2)cc1. The fourth-order valence-corrected chi connectivity index (χ4v) is 2.01. The van der Waals surface area contributed by atoms with E-state index in [1.807, 2.05) is 54.6 Å².